The van der Waals surface area contributed by atoms with Gasteiger partial charge in [0.15, 0.2) is 14.0 Å². The Morgan fingerprint density at radius 1 is 1.14 bits per heavy atom. The molecule has 0 aliphatic carbocycles. The molecule has 37 heavy (non-hydrogen) atoms. The quantitative estimate of drug-likeness (QED) is 0.178. The molecule has 8 nitrogen and oxygen atoms in total. The summed E-state index contributed by atoms with van der Waals surface area (Å²) < 4.78 is 21.8. The lowest BCUT2D eigenvalue weighted by Crippen LogP contribution is -2.40. The maximum absolute atomic E-state index is 13.3. The molecule has 0 radical (unpaired) electrons. The zero-order valence-electron chi connectivity index (χ0n) is 23.0. The van der Waals surface area contributed by atoms with E-state index in [1.54, 1.807) is 24.6 Å². The van der Waals surface area contributed by atoms with E-state index in [0.717, 1.165) is 51.5 Å². The fraction of sp³-hybridized carbons (Fsp3) is 0.519. The summed E-state index contributed by atoms with van der Waals surface area (Å²) in [6.45, 7) is 13.6. The highest BCUT2D eigenvalue weighted by Gasteiger charge is 2.36. The molecule has 1 aromatic carbocycles. The van der Waals surface area contributed by atoms with Crippen molar-refractivity contribution in [2.75, 3.05) is 20.3 Å². The second-order valence-electron chi connectivity index (χ2n) is 10.9. The number of aryl methyl sites for hydroxylation is 1. The van der Waals surface area contributed by atoms with Gasteiger partial charge in [0.25, 0.3) is 5.56 Å². The van der Waals surface area contributed by atoms with Gasteiger partial charge in [0.1, 0.15) is 16.3 Å². The summed E-state index contributed by atoms with van der Waals surface area (Å²) in [7, 11) is 1.83. The van der Waals surface area contributed by atoms with Crippen molar-refractivity contribution in [3.8, 4) is 5.75 Å². The molecule has 0 spiro atoms. The van der Waals surface area contributed by atoms with Crippen molar-refractivity contribution >= 4 is 40.9 Å². The zero-order chi connectivity index (χ0) is 26.8. The van der Waals surface area contributed by atoms with Crippen LogP contribution in [-0.2, 0) is 29.4 Å². The number of rotatable bonds is 11. The van der Waals surface area contributed by atoms with Crippen molar-refractivity contribution in [2.45, 2.75) is 64.9 Å². The van der Waals surface area contributed by atoms with Crippen LogP contribution < -0.4 is 10.3 Å². The lowest BCUT2D eigenvalue weighted by atomic mass is 10.2. The first kappa shape index (κ1) is 27.5. The predicted molar refractivity (Wildman–Crippen MR) is 152 cm³/mol. The van der Waals surface area contributed by atoms with Crippen LogP contribution in [0.15, 0.2) is 35.3 Å². The van der Waals surface area contributed by atoms with Gasteiger partial charge in [0.2, 0.25) is 0 Å². The van der Waals surface area contributed by atoms with Gasteiger partial charge >= 0.3 is 0 Å². The fourth-order valence-electron chi connectivity index (χ4n) is 3.96. The molecule has 200 valence electrons. The highest BCUT2D eigenvalue weighted by Crippen LogP contribution is 2.36. The zero-order valence-corrected chi connectivity index (χ0v) is 24.8. The Kier molecular flexibility index (Phi) is 8.22. The molecule has 0 unspecified atom stereocenters. The normalized spacial score (nSPS) is 12.6. The number of thiazole rings is 1. The van der Waals surface area contributed by atoms with Gasteiger partial charge < -0.3 is 18.5 Å². The summed E-state index contributed by atoms with van der Waals surface area (Å²) in [4.78, 5) is 18.0. The maximum atomic E-state index is 13.3. The molecule has 4 rings (SSSR count). The standard InChI is InChI=1S/C27H38N4O4SSi/c1-27(2,3)37(6,7)35-14-9-8-13-34-18-22-29-25-24(36-22)21-16-28-31(26(32)23(21)30(25)4)17-19-11-10-12-20(15-19)33-5/h10-12,15-16H,8-9,13-14,17-18H2,1-7H3. The van der Waals surface area contributed by atoms with Crippen LogP contribution in [-0.4, -0.2) is 48.0 Å². The smallest absolute Gasteiger partial charge is 0.291 e. The van der Waals surface area contributed by atoms with E-state index in [1.807, 2.05) is 35.9 Å². The molecule has 0 fully saturated rings. The van der Waals surface area contributed by atoms with Gasteiger partial charge in [-0.2, -0.15) is 5.10 Å². The number of fused-ring (bicyclic) bond motifs is 3. The van der Waals surface area contributed by atoms with Gasteiger partial charge in [-0.05, 0) is 48.7 Å². The minimum atomic E-state index is -1.68. The molecule has 0 atom stereocenters. The van der Waals surface area contributed by atoms with Gasteiger partial charge in [-0.1, -0.05) is 32.9 Å². The largest absolute Gasteiger partial charge is 0.497 e. The van der Waals surface area contributed by atoms with Crippen LogP contribution in [0, 0.1) is 0 Å². The van der Waals surface area contributed by atoms with Crippen LogP contribution >= 0.6 is 11.3 Å². The minimum absolute atomic E-state index is 0.134. The van der Waals surface area contributed by atoms with Gasteiger partial charge in [0.05, 0.1) is 31.2 Å². The molecule has 4 aromatic rings. The molecule has 0 aliphatic heterocycles. The number of benzene rings is 1. The molecule has 0 saturated carbocycles. The van der Waals surface area contributed by atoms with Gasteiger partial charge in [-0.15, -0.1) is 11.3 Å². The SMILES string of the molecule is COc1cccc(Cn2ncc3c4sc(COCCCCO[Si](C)(C)C(C)(C)C)nc4n(C)c3c2=O)c1. The Morgan fingerprint density at radius 3 is 2.62 bits per heavy atom. The molecular weight excluding hydrogens is 504 g/mol. The molecule has 3 aromatic heterocycles. The van der Waals surface area contributed by atoms with Crippen LogP contribution in [0.4, 0.5) is 0 Å². The third-order valence-corrected chi connectivity index (χ3v) is 12.8. The summed E-state index contributed by atoms with van der Waals surface area (Å²) in [5, 5.41) is 6.42. The first-order chi connectivity index (χ1) is 17.5. The second kappa shape index (κ2) is 11.1. The Balaban J connectivity index is 1.37. The molecule has 0 N–H and O–H groups in total. The minimum Gasteiger partial charge on any atom is -0.497 e. The highest BCUT2D eigenvalue weighted by molar-refractivity contribution is 7.19. The third-order valence-electron chi connectivity index (χ3n) is 7.21. The lowest BCUT2D eigenvalue weighted by molar-refractivity contribution is 0.113. The highest BCUT2D eigenvalue weighted by atomic mass is 32.1. The van der Waals surface area contributed by atoms with Crippen LogP contribution in [0.5, 0.6) is 5.75 Å². The van der Waals surface area contributed by atoms with E-state index in [-0.39, 0.29) is 10.6 Å². The van der Waals surface area contributed by atoms with Crippen molar-refractivity contribution in [3.05, 3.63) is 51.4 Å². The molecular formula is C27H38N4O4SSi. The van der Waals surface area contributed by atoms with E-state index in [1.165, 1.54) is 4.68 Å². The van der Waals surface area contributed by atoms with Crippen LogP contribution in [0.25, 0.3) is 21.3 Å². The predicted octanol–water partition coefficient (Wildman–Crippen LogP) is 5.72. The lowest BCUT2D eigenvalue weighted by Gasteiger charge is -2.36. The van der Waals surface area contributed by atoms with Gasteiger partial charge in [-0.25, -0.2) is 9.67 Å². The van der Waals surface area contributed by atoms with Crippen molar-refractivity contribution in [3.63, 3.8) is 0 Å². The molecule has 0 aliphatic rings. The Hall–Kier alpha value is -2.53. The van der Waals surface area contributed by atoms with E-state index in [2.05, 4.69) is 39.0 Å². The fourth-order valence-corrected chi connectivity index (χ4v) is 6.09. The van der Waals surface area contributed by atoms with E-state index in [9.17, 15) is 4.79 Å². The van der Waals surface area contributed by atoms with E-state index < -0.39 is 8.32 Å². The molecule has 0 saturated heterocycles. The summed E-state index contributed by atoms with van der Waals surface area (Å²) >= 11 is 1.56. The third kappa shape index (κ3) is 5.98. The maximum Gasteiger partial charge on any atom is 0.291 e. The van der Waals surface area contributed by atoms with Crippen LogP contribution in [0.1, 0.15) is 44.2 Å². The van der Waals surface area contributed by atoms with Gasteiger partial charge in [-0.3, -0.25) is 4.79 Å². The molecule has 10 heteroatoms. The Labute approximate surface area is 223 Å². The van der Waals surface area contributed by atoms with Crippen molar-refractivity contribution in [1.82, 2.24) is 19.3 Å². The topological polar surface area (TPSA) is 80.4 Å². The number of nitrogens with zero attached hydrogens (tertiary/aromatic N) is 4. The average Bonchev–Trinajstić information content (AvgIpc) is 3.38. The van der Waals surface area contributed by atoms with E-state index in [4.69, 9.17) is 18.9 Å². The second-order valence-corrected chi connectivity index (χ2v) is 16.8. The number of unbranched alkanes of at least 4 members (excludes halogenated alkanes) is 1. The monoisotopic (exact) mass is 542 g/mol. The first-order valence-electron chi connectivity index (χ1n) is 12.7. The first-order valence-corrected chi connectivity index (χ1v) is 16.4. The number of methoxy groups -OCH3 is 1. The van der Waals surface area contributed by atoms with Crippen LogP contribution in [0.2, 0.25) is 18.1 Å². The summed E-state index contributed by atoms with van der Waals surface area (Å²) in [5.41, 5.74) is 2.22. The number of hydrogen-bond donors (Lipinski definition) is 0. The van der Waals surface area contributed by atoms with Crippen molar-refractivity contribution < 1.29 is 13.9 Å². The van der Waals surface area contributed by atoms with Crippen LogP contribution in [0.3, 0.4) is 0 Å². The summed E-state index contributed by atoms with van der Waals surface area (Å²) in [5.74, 6) is 0.754. The van der Waals surface area contributed by atoms with Crippen molar-refractivity contribution in [1.29, 1.82) is 0 Å². The number of hydrogen-bond acceptors (Lipinski definition) is 7. The van der Waals surface area contributed by atoms with Crippen molar-refractivity contribution in [2.24, 2.45) is 7.05 Å². The molecule has 0 bridgehead atoms. The summed E-state index contributed by atoms with van der Waals surface area (Å²) in [6.07, 6.45) is 3.72. The average molecular weight is 543 g/mol. The van der Waals surface area contributed by atoms with Gasteiger partial charge in [0, 0.05) is 25.6 Å². The molecule has 3 heterocycles. The van der Waals surface area contributed by atoms with E-state index in [0.29, 0.717) is 25.3 Å². The Morgan fingerprint density at radius 2 is 1.89 bits per heavy atom. The van der Waals surface area contributed by atoms with E-state index >= 15 is 0 Å². The Bertz CT molecular complexity index is 1430. The number of aromatic nitrogens is 4. The number of ether oxygens (including phenoxy) is 2. The summed E-state index contributed by atoms with van der Waals surface area (Å²) in [6, 6.07) is 7.66. The molecule has 0 amide bonds.